The van der Waals surface area contributed by atoms with Crippen molar-refractivity contribution in [2.45, 2.75) is 20.4 Å². The van der Waals surface area contributed by atoms with Crippen LogP contribution in [0.2, 0.25) is 0 Å². The Morgan fingerprint density at radius 2 is 1.66 bits per heavy atom. The summed E-state index contributed by atoms with van der Waals surface area (Å²) in [6.07, 6.45) is 0. The van der Waals surface area contributed by atoms with Gasteiger partial charge in [0.05, 0.1) is 6.54 Å². The summed E-state index contributed by atoms with van der Waals surface area (Å²) in [4.78, 5) is 17.7. The van der Waals surface area contributed by atoms with Crippen LogP contribution in [0.3, 0.4) is 0 Å². The average molecular weight is 510 g/mol. The van der Waals surface area contributed by atoms with Crippen LogP contribution in [0.5, 0.6) is 5.75 Å². The van der Waals surface area contributed by atoms with Crippen LogP contribution < -0.4 is 15.4 Å². The molecular formula is C22H31IN4O2. The number of carbonyl (C=O) groups is 1. The van der Waals surface area contributed by atoms with E-state index in [2.05, 4.69) is 35.5 Å². The fraction of sp³-hybridized carbons (Fsp3) is 0.364. The van der Waals surface area contributed by atoms with Crippen LogP contribution in [0, 0.1) is 13.8 Å². The van der Waals surface area contributed by atoms with Gasteiger partial charge in [-0.05, 0) is 54.8 Å². The zero-order valence-corrected chi connectivity index (χ0v) is 20.1. The number of aliphatic imine (C=N–C) groups is 1. The summed E-state index contributed by atoms with van der Waals surface area (Å²) in [5.41, 5.74) is 4.14. The van der Waals surface area contributed by atoms with E-state index >= 15 is 0 Å². The monoisotopic (exact) mass is 510 g/mol. The minimum absolute atomic E-state index is 0. The lowest BCUT2D eigenvalue weighted by Crippen LogP contribution is -2.38. The maximum Gasteiger partial charge on any atom is 0.253 e. The van der Waals surface area contributed by atoms with E-state index in [1.54, 1.807) is 26.0 Å². The molecule has 0 aliphatic rings. The molecule has 0 bridgehead atoms. The van der Waals surface area contributed by atoms with Crippen molar-refractivity contribution in [1.82, 2.24) is 15.5 Å². The molecule has 0 aliphatic heterocycles. The molecule has 0 heterocycles. The summed E-state index contributed by atoms with van der Waals surface area (Å²) in [5, 5.41) is 6.50. The molecule has 6 nitrogen and oxygen atoms in total. The van der Waals surface area contributed by atoms with Crippen molar-refractivity contribution < 1.29 is 9.53 Å². The normalized spacial score (nSPS) is 10.7. The van der Waals surface area contributed by atoms with Crippen molar-refractivity contribution >= 4 is 35.8 Å². The quantitative estimate of drug-likeness (QED) is 0.260. The van der Waals surface area contributed by atoms with Crippen molar-refractivity contribution in [1.29, 1.82) is 0 Å². The minimum Gasteiger partial charge on any atom is -0.492 e. The molecule has 0 spiro atoms. The van der Waals surface area contributed by atoms with E-state index in [1.807, 2.05) is 36.4 Å². The Labute approximate surface area is 190 Å². The second-order valence-corrected chi connectivity index (χ2v) is 6.92. The molecule has 0 radical (unpaired) electrons. The Morgan fingerprint density at radius 3 is 2.21 bits per heavy atom. The second kappa shape index (κ2) is 12.3. The molecular weight excluding hydrogens is 479 g/mol. The molecule has 0 aromatic heterocycles. The number of nitrogens with one attached hydrogen (secondary N) is 2. The first kappa shape index (κ1) is 24.7. The third kappa shape index (κ3) is 8.31. The number of nitrogens with zero attached hydrogens (tertiary/aromatic N) is 2. The summed E-state index contributed by atoms with van der Waals surface area (Å²) < 4.78 is 5.80. The van der Waals surface area contributed by atoms with Gasteiger partial charge in [-0.3, -0.25) is 9.79 Å². The van der Waals surface area contributed by atoms with Crippen LogP contribution in [-0.2, 0) is 6.54 Å². The van der Waals surface area contributed by atoms with Crippen LogP contribution in [-0.4, -0.2) is 51.1 Å². The highest BCUT2D eigenvalue weighted by Crippen LogP contribution is 2.15. The first-order chi connectivity index (χ1) is 13.4. The van der Waals surface area contributed by atoms with Gasteiger partial charge in [0.2, 0.25) is 0 Å². The van der Waals surface area contributed by atoms with Gasteiger partial charge < -0.3 is 20.3 Å². The first-order valence-electron chi connectivity index (χ1n) is 9.35. The lowest BCUT2D eigenvalue weighted by atomic mass is 10.1. The Kier molecular flexibility index (Phi) is 10.5. The number of ether oxygens (including phenoxy) is 1. The Bertz CT molecular complexity index is 800. The molecule has 0 saturated carbocycles. The highest BCUT2D eigenvalue weighted by Gasteiger charge is 2.07. The van der Waals surface area contributed by atoms with E-state index in [9.17, 15) is 4.79 Å². The number of amides is 1. The van der Waals surface area contributed by atoms with E-state index in [1.165, 1.54) is 11.1 Å². The van der Waals surface area contributed by atoms with E-state index in [0.717, 1.165) is 11.3 Å². The molecule has 2 aromatic rings. The van der Waals surface area contributed by atoms with Crippen LogP contribution in [0.1, 0.15) is 27.0 Å². The van der Waals surface area contributed by atoms with Gasteiger partial charge in [-0.2, -0.15) is 0 Å². The number of guanidine groups is 1. The average Bonchev–Trinajstić information content (AvgIpc) is 2.66. The van der Waals surface area contributed by atoms with Crippen molar-refractivity contribution in [2.24, 2.45) is 4.99 Å². The van der Waals surface area contributed by atoms with Gasteiger partial charge in [-0.25, -0.2) is 0 Å². The van der Waals surface area contributed by atoms with Gasteiger partial charge >= 0.3 is 0 Å². The van der Waals surface area contributed by atoms with Crippen molar-refractivity contribution in [3.05, 3.63) is 64.7 Å². The van der Waals surface area contributed by atoms with Gasteiger partial charge in [0.25, 0.3) is 5.91 Å². The standard InChI is InChI=1S/C22H30N4O2.HI/c1-16-12-17(2)14-20(13-16)28-11-10-24-22(23-3)25-15-18-6-8-19(9-7-18)21(27)26(4)5;/h6-9,12-14H,10-11,15H2,1-5H3,(H2,23,24,25);1H. The number of halogens is 1. The molecule has 1 amide bonds. The Balaban J connectivity index is 0.00000420. The van der Waals surface area contributed by atoms with Gasteiger partial charge in [-0.1, -0.05) is 18.2 Å². The molecule has 2 N–H and O–H groups in total. The van der Waals surface area contributed by atoms with E-state index in [0.29, 0.717) is 31.2 Å². The van der Waals surface area contributed by atoms with Gasteiger partial charge in [0.1, 0.15) is 12.4 Å². The van der Waals surface area contributed by atoms with E-state index in [4.69, 9.17) is 4.74 Å². The maximum atomic E-state index is 11.9. The van der Waals surface area contributed by atoms with Crippen molar-refractivity contribution in [2.75, 3.05) is 34.3 Å². The molecule has 0 atom stereocenters. The van der Waals surface area contributed by atoms with Crippen molar-refractivity contribution in [3.63, 3.8) is 0 Å². The predicted molar refractivity (Wildman–Crippen MR) is 129 cm³/mol. The third-order valence-corrected chi connectivity index (χ3v) is 4.15. The smallest absolute Gasteiger partial charge is 0.253 e. The van der Waals surface area contributed by atoms with E-state index in [-0.39, 0.29) is 29.9 Å². The molecule has 2 rings (SSSR count). The minimum atomic E-state index is 0. The number of rotatable bonds is 7. The van der Waals surface area contributed by atoms with Gasteiger partial charge in [0.15, 0.2) is 5.96 Å². The fourth-order valence-corrected chi connectivity index (χ4v) is 2.78. The number of benzene rings is 2. The summed E-state index contributed by atoms with van der Waals surface area (Å²) >= 11 is 0. The van der Waals surface area contributed by atoms with Crippen LogP contribution in [0.25, 0.3) is 0 Å². The largest absolute Gasteiger partial charge is 0.492 e. The zero-order chi connectivity index (χ0) is 20.5. The third-order valence-electron chi connectivity index (χ3n) is 4.15. The van der Waals surface area contributed by atoms with Crippen molar-refractivity contribution in [3.8, 4) is 5.75 Å². The summed E-state index contributed by atoms with van der Waals surface area (Å²) in [6.45, 7) is 5.93. The Morgan fingerprint density at radius 1 is 1.03 bits per heavy atom. The molecule has 158 valence electrons. The molecule has 7 heteroatoms. The maximum absolute atomic E-state index is 11.9. The van der Waals surface area contributed by atoms with E-state index < -0.39 is 0 Å². The number of hydrogen-bond acceptors (Lipinski definition) is 3. The summed E-state index contributed by atoms with van der Waals surface area (Å²) in [6, 6.07) is 13.8. The second-order valence-electron chi connectivity index (χ2n) is 6.92. The molecule has 0 fully saturated rings. The molecule has 0 aliphatic carbocycles. The lowest BCUT2D eigenvalue weighted by molar-refractivity contribution is 0.0827. The molecule has 0 unspecified atom stereocenters. The van der Waals surface area contributed by atoms with Gasteiger partial charge in [0, 0.05) is 33.3 Å². The van der Waals surface area contributed by atoms with Crippen LogP contribution in [0.4, 0.5) is 0 Å². The highest BCUT2D eigenvalue weighted by molar-refractivity contribution is 14.0. The first-order valence-corrected chi connectivity index (χ1v) is 9.35. The topological polar surface area (TPSA) is 66.0 Å². The Hall–Kier alpha value is -2.29. The molecule has 29 heavy (non-hydrogen) atoms. The number of aryl methyl sites for hydroxylation is 2. The lowest BCUT2D eigenvalue weighted by Gasteiger charge is -2.14. The SMILES string of the molecule is CN=C(NCCOc1cc(C)cc(C)c1)NCc1ccc(C(=O)N(C)C)cc1.I. The summed E-state index contributed by atoms with van der Waals surface area (Å²) in [5.74, 6) is 1.59. The fourth-order valence-electron chi connectivity index (χ4n) is 2.78. The highest BCUT2D eigenvalue weighted by atomic mass is 127. The number of hydrogen-bond donors (Lipinski definition) is 2. The zero-order valence-electron chi connectivity index (χ0n) is 17.8. The van der Waals surface area contributed by atoms with Crippen LogP contribution in [0.15, 0.2) is 47.5 Å². The summed E-state index contributed by atoms with van der Waals surface area (Å²) in [7, 11) is 5.23. The van der Waals surface area contributed by atoms with Crippen LogP contribution >= 0.6 is 24.0 Å². The number of carbonyl (C=O) groups excluding carboxylic acids is 1. The molecule has 2 aromatic carbocycles. The van der Waals surface area contributed by atoms with Gasteiger partial charge in [-0.15, -0.1) is 24.0 Å². The predicted octanol–water partition coefficient (Wildman–Crippen LogP) is 3.37. The molecule has 0 saturated heterocycles.